The molecule has 1 fully saturated rings. The van der Waals surface area contributed by atoms with E-state index in [0.29, 0.717) is 6.42 Å². The minimum Gasteiger partial charge on any atom is -0.478 e. The number of sulfone groups is 1. The molecule has 0 aromatic heterocycles. The summed E-state index contributed by atoms with van der Waals surface area (Å²) in [4.78, 5) is 12.5. The van der Waals surface area contributed by atoms with Gasteiger partial charge in [0.15, 0.2) is 9.84 Å². The van der Waals surface area contributed by atoms with E-state index in [1.807, 2.05) is 24.1 Å². The van der Waals surface area contributed by atoms with Crippen molar-refractivity contribution in [1.82, 2.24) is 0 Å². The smallest absolute Gasteiger partial charge is 0.328 e. The van der Waals surface area contributed by atoms with Gasteiger partial charge in [-0.1, -0.05) is 6.07 Å². The van der Waals surface area contributed by atoms with Gasteiger partial charge >= 0.3 is 5.97 Å². The molecule has 1 aliphatic rings. The van der Waals surface area contributed by atoms with Crippen molar-refractivity contribution in [2.75, 3.05) is 23.5 Å². The van der Waals surface area contributed by atoms with Crippen LogP contribution in [0.15, 0.2) is 28.7 Å². The Hall–Kier alpha value is -1.34. The number of rotatable bonds is 4. The summed E-state index contributed by atoms with van der Waals surface area (Å²) in [6.45, 7) is 0. The van der Waals surface area contributed by atoms with Crippen LogP contribution in [0.25, 0.3) is 6.08 Å². The van der Waals surface area contributed by atoms with E-state index in [4.69, 9.17) is 5.11 Å². The van der Waals surface area contributed by atoms with Crippen molar-refractivity contribution in [3.63, 3.8) is 0 Å². The van der Waals surface area contributed by atoms with Gasteiger partial charge in [-0.25, -0.2) is 13.2 Å². The second-order valence-electron chi connectivity index (χ2n) is 5.05. The number of carbonyl (C=O) groups is 1. The first-order valence-electron chi connectivity index (χ1n) is 6.42. The molecule has 0 radical (unpaired) electrons. The lowest BCUT2D eigenvalue weighted by molar-refractivity contribution is -0.131. The van der Waals surface area contributed by atoms with Crippen molar-refractivity contribution in [3.8, 4) is 0 Å². The summed E-state index contributed by atoms with van der Waals surface area (Å²) in [5.41, 5.74) is 1.66. The molecule has 1 aliphatic heterocycles. The van der Waals surface area contributed by atoms with Crippen LogP contribution in [0.5, 0.6) is 0 Å². The van der Waals surface area contributed by atoms with Gasteiger partial charge in [0, 0.05) is 23.6 Å². The van der Waals surface area contributed by atoms with Crippen molar-refractivity contribution in [1.29, 1.82) is 0 Å². The SMILES string of the molecule is CN(c1ccc(/C=C/C(=O)O)cc1Br)C1CCS(=O)(=O)C1. The van der Waals surface area contributed by atoms with Crippen LogP contribution in [0.4, 0.5) is 5.69 Å². The van der Waals surface area contributed by atoms with Crippen LogP contribution in [-0.2, 0) is 14.6 Å². The average molecular weight is 374 g/mol. The predicted octanol–water partition coefficient (Wildman–Crippen LogP) is 2.17. The number of anilines is 1. The first kappa shape index (κ1) is 16.0. The van der Waals surface area contributed by atoms with Crippen molar-refractivity contribution in [2.24, 2.45) is 0 Å². The lowest BCUT2D eigenvalue weighted by atomic mass is 10.1. The molecule has 0 bridgehead atoms. The summed E-state index contributed by atoms with van der Waals surface area (Å²) >= 11 is 3.46. The Morgan fingerprint density at radius 2 is 2.19 bits per heavy atom. The van der Waals surface area contributed by atoms with Gasteiger partial charge in [-0.3, -0.25) is 0 Å². The van der Waals surface area contributed by atoms with Crippen LogP contribution < -0.4 is 4.90 Å². The van der Waals surface area contributed by atoms with Gasteiger partial charge in [0.25, 0.3) is 0 Å². The molecule has 1 heterocycles. The number of aliphatic carboxylic acids is 1. The first-order valence-corrected chi connectivity index (χ1v) is 9.04. The van der Waals surface area contributed by atoms with Crippen molar-refractivity contribution < 1.29 is 18.3 Å². The molecule has 5 nitrogen and oxygen atoms in total. The monoisotopic (exact) mass is 373 g/mol. The Bertz CT molecular complexity index is 684. The summed E-state index contributed by atoms with van der Waals surface area (Å²) in [7, 11) is -1.05. The molecule has 0 amide bonds. The lowest BCUT2D eigenvalue weighted by Gasteiger charge is -2.26. The topological polar surface area (TPSA) is 74.7 Å². The van der Waals surface area contributed by atoms with E-state index in [0.717, 1.165) is 21.8 Å². The van der Waals surface area contributed by atoms with E-state index in [-0.39, 0.29) is 17.5 Å². The minimum atomic E-state index is -2.92. The summed E-state index contributed by atoms with van der Waals surface area (Å²) in [5.74, 6) is -0.584. The molecule has 1 aromatic rings. The summed E-state index contributed by atoms with van der Waals surface area (Å²) in [6, 6.07) is 5.46. The molecule has 2 rings (SSSR count). The van der Waals surface area contributed by atoms with Gasteiger partial charge in [0.1, 0.15) is 0 Å². The van der Waals surface area contributed by atoms with Gasteiger partial charge in [-0.2, -0.15) is 0 Å². The van der Waals surface area contributed by atoms with E-state index in [9.17, 15) is 13.2 Å². The number of hydrogen-bond acceptors (Lipinski definition) is 4. The highest BCUT2D eigenvalue weighted by atomic mass is 79.9. The molecule has 114 valence electrons. The lowest BCUT2D eigenvalue weighted by Crippen LogP contribution is -2.32. The fourth-order valence-corrected chi connectivity index (χ4v) is 4.81. The van der Waals surface area contributed by atoms with E-state index in [2.05, 4.69) is 15.9 Å². The van der Waals surface area contributed by atoms with Crippen LogP contribution in [0.1, 0.15) is 12.0 Å². The average Bonchev–Trinajstić information content (AvgIpc) is 2.76. The van der Waals surface area contributed by atoms with Crippen LogP contribution >= 0.6 is 15.9 Å². The second kappa shape index (κ2) is 6.19. The molecule has 21 heavy (non-hydrogen) atoms. The molecule has 1 N–H and O–H groups in total. The van der Waals surface area contributed by atoms with Crippen molar-refractivity contribution in [3.05, 3.63) is 34.3 Å². The number of benzene rings is 1. The van der Waals surface area contributed by atoms with E-state index in [1.165, 1.54) is 6.08 Å². The van der Waals surface area contributed by atoms with Gasteiger partial charge in [0.05, 0.1) is 17.2 Å². The van der Waals surface area contributed by atoms with Gasteiger partial charge in [-0.05, 0) is 46.1 Å². The Balaban J connectivity index is 2.19. The number of hydrogen-bond donors (Lipinski definition) is 1. The molecule has 1 unspecified atom stereocenters. The highest BCUT2D eigenvalue weighted by molar-refractivity contribution is 9.10. The van der Waals surface area contributed by atoms with Crippen LogP contribution in [0, 0.1) is 0 Å². The first-order chi connectivity index (χ1) is 9.78. The number of nitrogens with zero attached hydrogens (tertiary/aromatic N) is 1. The molecule has 7 heteroatoms. The summed E-state index contributed by atoms with van der Waals surface area (Å²) in [6.07, 6.45) is 3.22. The van der Waals surface area contributed by atoms with Crippen molar-refractivity contribution in [2.45, 2.75) is 12.5 Å². The normalized spacial score (nSPS) is 20.8. The standard InChI is InChI=1S/C14H16BrNO4S/c1-16(11-6-7-21(19,20)9-11)13-4-2-10(8-12(13)15)3-5-14(17)18/h2-5,8,11H,6-7,9H2,1H3,(H,17,18)/b5-3+. The maximum atomic E-state index is 11.6. The van der Waals surface area contributed by atoms with Crippen LogP contribution in [0.2, 0.25) is 0 Å². The molecular weight excluding hydrogens is 358 g/mol. The predicted molar refractivity (Wildman–Crippen MR) is 86.3 cm³/mol. The van der Waals surface area contributed by atoms with Gasteiger partial charge in [0.2, 0.25) is 0 Å². The van der Waals surface area contributed by atoms with Gasteiger partial charge < -0.3 is 10.0 Å². The third-order valence-electron chi connectivity index (χ3n) is 3.53. The molecule has 0 aliphatic carbocycles. The fourth-order valence-electron chi connectivity index (χ4n) is 2.36. The zero-order chi connectivity index (χ0) is 15.6. The highest BCUT2D eigenvalue weighted by Crippen LogP contribution is 2.30. The second-order valence-corrected chi connectivity index (χ2v) is 8.13. The number of carboxylic acids is 1. The Morgan fingerprint density at radius 1 is 1.48 bits per heavy atom. The van der Waals surface area contributed by atoms with Crippen molar-refractivity contribution >= 4 is 43.5 Å². The third kappa shape index (κ3) is 4.07. The zero-order valence-corrected chi connectivity index (χ0v) is 13.9. The molecule has 1 atom stereocenters. The summed E-state index contributed by atoms with van der Waals surface area (Å²) in [5, 5.41) is 8.62. The molecule has 0 saturated carbocycles. The van der Waals surface area contributed by atoms with Crippen LogP contribution in [-0.4, -0.2) is 44.1 Å². The minimum absolute atomic E-state index is 0.0216. The Morgan fingerprint density at radius 3 is 2.71 bits per heavy atom. The van der Waals surface area contributed by atoms with Crippen LogP contribution in [0.3, 0.4) is 0 Å². The molecule has 1 aromatic carbocycles. The Kier molecular flexibility index (Phi) is 4.73. The quantitative estimate of drug-likeness (QED) is 0.818. The maximum Gasteiger partial charge on any atom is 0.328 e. The fraction of sp³-hybridized carbons (Fsp3) is 0.357. The zero-order valence-electron chi connectivity index (χ0n) is 11.5. The van der Waals surface area contributed by atoms with E-state index in [1.54, 1.807) is 6.07 Å². The third-order valence-corrected chi connectivity index (χ3v) is 5.91. The number of carboxylic acid groups (broad SMARTS) is 1. The molecule has 1 saturated heterocycles. The largest absolute Gasteiger partial charge is 0.478 e. The number of halogens is 1. The van der Waals surface area contributed by atoms with E-state index < -0.39 is 15.8 Å². The molecular formula is C14H16BrNO4S. The van der Waals surface area contributed by atoms with E-state index >= 15 is 0 Å². The highest BCUT2D eigenvalue weighted by Gasteiger charge is 2.31. The summed E-state index contributed by atoms with van der Waals surface area (Å²) < 4.78 is 23.9. The Labute approximate surface area is 132 Å². The van der Waals surface area contributed by atoms with Gasteiger partial charge in [-0.15, -0.1) is 0 Å². The molecule has 0 spiro atoms. The maximum absolute atomic E-state index is 11.6.